The summed E-state index contributed by atoms with van der Waals surface area (Å²) >= 11 is 7.46. The summed E-state index contributed by atoms with van der Waals surface area (Å²) in [5.41, 5.74) is -1.43. The number of halogens is 1. The van der Waals surface area contributed by atoms with Crippen LogP contribution in [0.2, 0.25) is 0 Å². The molecule has 8 atom stereocenters. The molecule has 0 unspecified atom stereocenters. The fraction of sp³-hybridized carbons (Fsp3) is 0.792. The summed E-state index contributed by atoms with van der Waals surface area (Å²) in [6.07, 6.45) is 3.79. The van der Waals surface area contributed by atoms with Crippen LogP contribution >= 0.6 is 11.6 Å². The minimum atomic E-state index is -1.27. The minimum absolute atomic E-state index is 0.00171. The highest BCUT2D eigenvalue weighted by molar-refractivity contribution is 6.26. The SMILES string of the molecule is CC(=O)OCC(=O)[C@@]12OCO[C@@H]1C[C@H]1[C@@H]3CCC4=CC(=O)CC[C@]4(C)[C@@]3(Cl)[C@@H](O)C[C@@]12C. The Labute approximate surface area is 192 Å². The molecule has 32 heavy (non-hydrogen) atoms. The second-order valence-corrected chi connectivity index (χ2v) is 11.3. The van der Waals surface area contributed by atoms with Crippen LogP contribution < -0.4 is 0 Å². The molecule has 8 heteroatoms. The summed E-state index contributed by atoms with van der Waals surface area (Å²) in [5, 5.41) is 11.6. The van der Waals surface area contributed by atoms with Crippen molar-refractivity contribution in [3.05, 3.63) is 11.6 Å². The van der Waals surface area contributed by atoms with Crippen LogP contribution in [-0.4, -0.2) is 58.7 Å². The third kappa shape index (κ3) is 2.57. The van der Waals surface area contributed by atoms with Gasteiger partial charge in [-0.3, -0.25) is 14.4 Å². The zero-order chi connectivity index (χ0) is 23.1. The molecule has 1 N–H and O–H groups in total. The maximum absolute atomic E-state index is 13.4. The zero-order valence-electron chi connectivity index (χ0n) is 18.8. The molecule has 4 fully saturated rings. The first-order valence-corrected chi connectivity index (χ1v) is 11.9. The summed E-state index contributed by atoms with van der Waals surface area (Å²) in [6, 6.07) is 0. The molecule has 3 saturated carbocycles. The Morgan fingerprint density at radius 3 is 2.75 bits per heavy atom. The molecular weight excluding hydrogens is 436 g/mol. The Morgan fingerprint density at radius 2 is 2.03 bits per heavy atom. The van der Waals surface area contributed by atoms with Gasteiger partial charge in [-0.05, 0) is 50.0 Å². The Balaban J connectivity index is 1.56. The average Bonchev–Trinajstić information content (AvgIpc) is 3.25. The Morgan fingerprint density at radius 1 is 1.28 bits per heavy atom. The molecule has 0 amide bonds. The second-order valence-electron chi connectivity index (χ2n) is 10.7. The van der Waals surface area contributed by atoms with Gasteiger partial charge in [0, 0.05) is 24.2 Å². The van der Waals surface area contributed by atoms with Gasteiger partial charge in [0.2, 0.25) is 5.78 Å². The fourth-order valence-corrected chi connectivity index (χ4v) is 8.61. The predicted molar refractivity (Wildman–Crippen MR) is 114 cm³/mol. The van der Waals surface area contributed by atoms with Crippen molar-refractivity contribution in [2.75, 3.05) is 13.4 Å². The van der Waals surface area contributed by atoms with Crippen LogP contribution in [0.25, 0.3) is 0 Å². The topological polar surface area (TPSA) is 99.1 Å². The maximum Gasteiger partial charge on any atom is 0.303 e. The van der Waals surface area contributed by atoms with Crippen molar-refractivity contribution < 1.29 is 33.7 Å². The lowest BCUT2D eigenvalue weighted by molar-refractivity contribution is -0.185. The quantitative estimate of drug-likeness (QED) is 0.504. The second kappa shape index (κ2) is 7.11. The number of ketones is 2. The van der Waals surface area contributed by atoms with E-state index in [-0.39, 0.29) is 43.2 Å². The maximum atomic E-state index is 13.4. The van der Waals surface area contributed by atoms with Gasteiger partial charge in [-0.25, -0.2) is 0 Å². The highest BCUT2D eigenvalue weighted by Crippen LogP contribution is 2.72. The number of aliphatic hydroxyl groups excluding tert-OH is 1. The van der Waals surface area contributed by atoms with Crippen molar-refractivity contribution >= 4 is 29.1 Å². The van der Waals surface area contributed by atoms with E-state index in [1.54, 1.807) is 6.08 Å². The van der Waals surface area contributed by atoms with Crippen LogP contribution in [0.1, 0.15) is 59.3 Å². The summed E-state index contributed by atoms with van der Waals surface area (Å²) in [5.74, 6) is -0.797. The Kier molecular flexibility index (Phi) is 5.00. The lowest BCUT2D eigenvalue weighted by Gasteiger charge is -2.64. The number of Topliss-reactive ketones (excluding diaryl/α,β-unsaturated/α-hetero) is 1. The molecule has 0 radical (unpaired) electrons. The summed E-state index contributed by atoms with van der Waals surface area (Å²) in [6.45, 7) is 4.97. The first-order chi connectivity index (χ1) is 15.0. The molecular formula is C24H31ClO7. The normalized spacial score (nSPS) is 49.4. The van der Waals surface area contributed by atoms with Crippen molar-refractivity contribution in [1.82, 2.24) is 0 Å². The van der Waals surface area contributed by atoms with Gasteiger partial charge in [-0.15, -0.1) is 11.6 Å². The van der Waals surface area contributed by atoms with Crippen LogP contribution in [0.5, 0.6) is 0 Å². The van der Waals surface area contributed by atoms with Crippen molar-refractivity contribution in [2.45, 2.75) is 82.0 Å². The van der Waals surface area contributed by atoms with E-state index in [4.69, 9.17) is 25.8 Å². The molecule has 7 nitrogen and oxygen atoms in total. The first kappa shape index (κ1) is 22.5. The number of esters is 1. The van der Waals surface area contributed by atoms with Crippen LogP contribution in [-0.2, 0) is 28.6 Å². The van der Waals surface area contributed by atoms with E-state index in [9.17, 15) is 19.5 Å². The van der Waals surface area contributed by atoms with E-state index < -0.39 is 39.5 Å². The molecule has 0 aromatic rings. The van der Waals surface area contributed by atoms with Gasteiger partial charge >= 0.3 is 5.97 Å². The summed E-state index contributed by atoms with van der Waals surface area (Å²) in [7, 11) is 0. The predicted octanol–water partition coefficient (Wildman–Crippen LogP) is 2.70. The Hall–Kier alpha value is -1.28. The zero-order valence-corrected chi connectivity index (χ0v) is 19.6. The van der Waals surface area contributed by atoms with Crippen LogP contribution in [0.15, 0.2) is 11.6 Å². The van der Waals surface area contributed by atoms with E-state index in [0.29, 0.717) is 19.3 Å². The van der Waals surface area contributed by atoms with Gasteiger partial charge in [0.15, 0.2) is 18.0 Å². The smallest absolute Gasteiger partial charge is 0.303 e. The number of fused-ring (bicyclic) bond motifs is 7. The molecule has 0 bridgehead atoms. The highest BCUT2D eigenvalue weighted by Gasteiger charge is 2.78. The highest BCUT2D eigenvalue weighted by atomic mass is 35.5. The summed E-state index contributed by atoms with van der Waals surface area (Å²) in [4.78, 5) is 36.0. The van der Waals surface area contributed by atoms with Crippen LogP contribution in [0, 0.1) is 22.7 Å². The Bertz CT molecular complexity index is 916. The number of ether oxygens (including phenoxy) is 3. The fourth-order valence-electron chi connectivity index (χ4n) is 8.05. The lowest BCUT2D eigenvalue weighted by atomic mass is 9.45. The molecule has 0 spiro atoms. The molecule has 0 aromatic heterocycles. The van der Waals surface area contributed by atoms with Crippen LogP contribution in [0.4, 0.5) is 0 Å². The number of carbonyl (C=O) groups excluding carboxylic acids is 3. The number of rotatable bonds is 3. The molecule has 0 aromatic carbocycles. The number of aliphatic hydroxyl groups is 1. The van der Waals surface area contributed by atoms with E-state index in [2.05, 4.69) is 6.92 Å². The molecule has 5 rings (SSSR count). The average molecular weight is 467 g/mol. The summed E-state index contributed by atoms with van der Waals surface area (Å²) < 4.78 is 17.0. The van der Waals surface area contributed by atoms with Gasteiger partial charge in [0.1, 0.15) is 6.79 Å². The van der Waals surface area contributed by atoms with Crippen molar-refractivity contribution in [2.24, 2.45) is 22.7 Å². The number of alkyl halides is 1. The van der Waals surface area contributed by atoms with Crippen LogP contribution in [0.3, 0.4) is 0 Å². The van der Waals surface area contributed by atoms with E-state index in [1.807, 2.05) is 6.92 Å². The lowest BCUT2D eigenvalue weighted by Crippen LogP contribution is -2.69. The molecule has 5 aliphatic rings. The monoisotopic (exact) mass is 466 g/mol. The molecule has 176 valence electrons. The van der Waals surface area contributed by atoms with E-state index >= 15 is 0 Å². The first-order valence-electron chi connectivity index (χ1n) is 11.5. The molecule has 1 aliphatic heterocycles. The van der Waals surface area contributed by atoms with Crippen molar-refractivity contribution in [3.8, 4) is 0 Å². The van der Waals surface area contributed by atoms with Gasteiger partial charge in [0.05, 0.1) is 17.1 Å². The number of carbonyl (C=O) groups is 3. The van der Waals surface area contributed by atoms with E-state index in [1.165, 1.54) is 6.92 Å². The minimum Gasteiger partial charge on any atom is -0.458 e. The van der Waals surface area contributed by atoms with Crippen molar-refractivity contribution in [3.63, 3.8) is 0 Å². The number of allylic oxidation sites excluding steroid dienone is 1. The van der Waals surface area contributed by atoms with E-state index in [0.717, 1.165) is 18.4 Å². The largest absolute Gasteiger partial charge is 0.458 e. The van der Waals surface area contributed by atoms with Gasteiger partial charge < -0.3 is 19.3 Å². The third-order valence-corrected chi connectivity index (χ3v) is 10.5. The number of hydrogen-bond donors (Lipinski definition) is 1. The molecule has 4 aliphatic carbocycles. The van der Waals surface area contributed by atoms with Gasteiger partial charge in [-0.1, -0.05) is 19.4 Å². The van der Waals surface area contributed by atoms with Gasteiger partial charge in [0.25, 0.3) is 0 Å². The molecule has 1 saturated heterocycles. The third-order valence-electron chi connectivity index (χ3n) is 9.58. The van der Waals surface area contributed by atoms with Crippen molar-refractivity contribution in [1.29, 1.82) is 0 Å². The number of hydrogen-bond acceptors (Lipinski definition) is 7. The standard InChI is InChI=1S/C24H31ClO7/c1-13(26)30-11-19(29)24-20(31-12-32-24)9-17-16-5-4-14-8-15(27)6-7-21(14,2)23(16,25)18(28)10-22(17,24)3/h8,16-18,20,28H,4-7,9-12H2,1-3H3/t16-,17-,18-,20+,21-,22-,23-,24+/m0/s1. The molecule has 1 heterocycles. The van der Waals surface area contributed by atoms with Gasteiger partial charge in [-0.2, -0.15) is 0 Å².